The Morgan fingerprint density at radius 1 is 1.70 bits per heavy atom. The van der Waals surface area contributed by atoms with Crippen LogP contribution in [0.3, 0.4) is 0 Å². The van der Waals surface area contributed by atoms with Gasteiger partial charge in [-0.1, -0.05) is 0 Å². The number of nitro groups is 1. The third-order valence-corrected chi connectivity index (χ3v) is 2.07. The second-order valence-corrected chi connectivity index (χ2v) is 2.81. The predicted molar refractivity (Wildman–Crippen MR) is 34.3 cm³/mol. The molecule has 1 atom stereocenters. The molecule has 0 aromatic rings. The Bertz CT molecular complexity index is 189. The molecule has 0 aromatic heterocycles. The topological polar surface area (TPSA) is 60.2 Å². The molecular formula is C6H9NO3. The summed E-state index contributed by atoms with van der Waals surface area (Å²) in [6, 6.07) is 0. The van der Waals surface area contributed by atoms with E-state index >= 15 is 0 Å². The van der Waals surface area contributed by atoms with Gasteiger partial charge < -0.3 is 0 Å². The average Bonchev–Trinajstić information content (AvgIpc) is 2.15. The van der Waals surface area contributed by atoms with Gasteiger partial charge in [0.25, 0.3) is 5.54 Å². The van der Waals surface area contributed by atoms with E-state index in [-0.39, 0.29) is 5.78 Å². The maximum absolute atomic E-state index is 10.9. The van der Waals surface area contributed by atoms with Gasteiger partial charge in [-0.05, 0) is 6.42 Å². The van der Waals surface area contributed by atoms with E-state index in [1.54, 1.807) is 0 Å². The number of nitrogens with zero attached hydrogens (tertiary/aromatic N) is 1. The van der Waals surface area contributed by atoms with Crippen molar-refractivity contribution in [1.29, 1.82) is 0 Å². The summed E-state index contributed by atoms with van der Waals surface area (Å²) in [5.41, 5.74) is -1.26. The SMILES string of the molecule is CC1([N+](=O)[O-])CCCC1=O. The molecule has 0 aromatic carbocycles. The Balaban J connectivity index is 2.86. The molecule has 0 N–H and O–H groups in total. The molecule has 1 unspecified atom stereocenters. The molecule has 0 spiro atoms. The molecule has 0 heterocycles. The van der Waals surface area contributed by atoms with Gasteiger partial charge in [-0.2, -0.15) is 0 Å². The second kappa shape index (κ2) is 2.04. The summed E-state index contributed by atoms with van der Waals surface area (Å²) >= 11 is 0. The molecule has 4 heteroatoms. The highest BCUT2D eigenvalue weighted by Gasteiger charge is 2.48. The molecule has 1 aliphatic carbocycles. The van der Waals surface area contributed by atoms with Crippen molar-refractivity contribution in [3.63, 3.8) is 0 Å². The second-order valence-electron chi connectivity index (χ2n) is 2.81. The van der Waals surface area contributed by atoms with Gasteiger partial charge in [-0.25, -0.2) is 0 Å². The lowest BCUT2D eigenvalue weighted by Gasteiger charge is -2.10. The van der Waals surface area contributed by atoms with Crippen molar-refractivity contribution in [2.45, 2.75) is 31.7 Å². The molecular weight excluding hydrogens is 134 g/mol. The zero-order valence-electron chi connectivity index (χ0n) is 5.79. The molecule has 0 aliphatic heterocycles. The van der Waals surface area contributed by atoms with Crippen molar-refractivity contribution in [1.82, 2.24) is 0 Å². The van der Waals surface area contributed by atoms with Crippen LogP contribution >= 0.6 is 0 Å². The maximum atomic E-state index is 10.9. The molecule has 1 rings (SSSR count). The highest BCUT2D eigenvalue weighted by molar-refractivity contribution is 5.88. The van der Waals surface area contributed by atoms with Crippen molar-refractivity contribution >= 4 is 5.78 Å². The lowest BCUT2D eigenvalue weighted by Crippen LogP contribution is -2.38. The molecule has 0 amide bonds. The average molecular weight is 143 g/mol. The maximum Gasteiger partial charge on any atom is 0.276 e. The Hall–Kier alpha value is -0.930. The van der Waals surface area contributed by atoms with E-state index in [9.17, 15) is 14.9 Å². The first kappa shape index (κ1) is 7.18. The number of Topliss-reactive ketones (excluding diaryl/α,β-unsaturated/α-hetero) is 1. The fourth-order valence-electron chi connectivity index (χ4n) is 1.19. The summed E-state index contributed by atoms with van der Waals surface area (Å²) in [5.74, 6) is -0.225. The van der Waals surface area contributed by atoms with Gasteiger partial charge in [0, 0.05) is 24.7 Å². The van der Waals surface area contributed by atoms with Gasteiger partial charge in [0.05, 0.1) is 0 Å². The third-order valence-electron chi connectivity index (χ3n) is 2.07. The summed E-state index contributed by atoms with van der Waals surface area (Å²) in [5, 5.41) is 10.3. The summed E-state index contributed by atoms with van der Waals surface area (Å²) in [4.78, 5) is 20.7. The van der Waals surface area contributed by atoms with E-state index in [0.717, 1.165) is 0 Å². The molecule has 1 saturated carbocycles. The van der Waals surface area contributed by atoms with Crippen LogP contribution in [-0.4, -0.2) is 16.2 Å². The Kier molecular flexibility index (Phi) is 1.46. The van der Waals surface area contributed by atoms with Crippen LogP contribution in [0.25, 0.3) is 0 Å². The molecule has 56 valence electrons. The third kappa shape index (κ3) is 0.798. The minimum atomic E-state index is -1.26. The molecule has 10 heavy (non-hydrogen) atoms. The summed E-state index contributed by atoms with van der Waals surface area (Å²) in [7, 11) is 0. The first-order valence-electron chi connectivity index (χ1n) is 3.25. The highest BCUT2D eigenvalue weighted by atomic mass is 16.6. The van der Waals surface area contributed by atoms with Crippen molar-refractivity contribution in [2.75, 3.05) is 0 Å². The summed E-state index contributed by atoms with van der Waals surface area (Å²) < 4.78 is 0. The minimum absolute atomic E-state index is 0.225. The van der Waals surface area contributed by atoms with Gasteiger partial charge in [0.15, 0.2) is 0 Å². The van der Waals surface area contributed by atoms with Crippen molar-refractivity contribution in [2.24, 2.45) is 0 Å². The largest absolute Gasteiger partial charge is 0.292 e. The van der Waals surface area contributed by atoms with Gasteiger partial charge in [-0.15, -0.1) is 0 Å². The van der Waals surface area contributed by atoms with Crippen LogP contribution < -0.4 is 0 Å². The minimum Gasteiger partial charge on any atom is -0.292 e. The highest BCUT2D eigenvalue weighted by Crippen LogP contribution is 2.28. The smallest absolute Gasteiger partial charge is 0.276 e. The van der Waals surface area contributed by atoms with Crippen LogP contribution in [0, 0.1) is 10.1 Å². The van der Waals surface area contributed by atoms with E-state index < -0.39 is 10.5 Å². The van der Waals surface area contributed by atoms with E-state index in [2.05, 4.69) is 0 Å². The van der Waals surface area contributed by atoms with Gasteiger partial charge in [0.2, 0.25) is 5.78 Å². The lowest BCUT2D eigenvalue weighted by atomic mass is 10.0. The predicted octanol–water partition coefficient (Wildman–Crippen LogP) is 0.775. The van der Waals surface area contributed by atoms with Crippen LogP contribution in [0.2, 0.25) is 0 Å². The Labute approximate surface area is 58.4 Å². The molecule has 0 bridgehead atoms. The van der Waals surface area contributed by atoms with Crippen molar-refractivity contribution in [3.8, 4) is 0 Å². The first-order chi connectivity index (χ1) is 4.57. The Morgan fingerprint density at radius 3 is 2.50 bits per heavy atom. The lowest BCUT2D eigenvalue weighted by molar-refractivity contribution is -0.546. The quantitative estimate of drug-likeness (QED) is 0.402. The number of rotatable bonds is 1. The van der Waals surface area contributed by atoms with Gasteiger partial charge >= 0.3 is 0 Å². The van der Waals surface area contributed by atoms with Gasteiger partial charge in [-0.3, -0.25) is 14.9 Å². The molecule has 4 nitrogen and oxygen atoms in total. The molecule has 1 aliphatic rings. The fourth-order valence-corrected chi connectivity index (χ4v) is 1.19. The van der Waals surface area contributed by atoms with Crippen LogP contribution in [-0.2, 0) is 4.79 Å². The molecule has 0 saturated heterocycles. The van der Waals surface area contributed by atoms with E-state index in [1.165, 1.54) is 6.92 Å². The number of carbonyl (C=O) groups is 1. The van der Waals surface area contributed by atoms with Gasteiger partial charge in [0.1, 0.15) is 0 Å². The summed E-state index contributed by atoms with van der Waals surface area (Å²) in [6.07, 6.45) is 1.44. The number of hydrogen-bond donors (Lipinski definition) is 0. The van der Waals surface area contributed by atoms with Crippen molar-refractivity contribution < 1.29 is 9.72 Å². The zero-order valence-corrected chi connectivity index (χ0v) is 5.79. The van der Waals surface area contributed by atoms with Crippen LogP contribution in [0.4, 0.5) is 0 Å². The number of carbonyl (C=O) groups excluding carboxylic acids is 1. The Morgan fingerprint density at radius 2 is 2.30 bits per heavy atom. The first-order valence-corrected chi connectivity index (χ1v) is 3.25. The fraction of sp³-hybridized carbons (Fsp3) is 0.833. The number of hydrogen-bond acceptors (Lipinski definition) is 3. The van der Waals surface area contributed by atoms with E-state index in [1.807, 2.05) is 0 Å². The van der Waals surface area contributed by atoms with E-state index in [4.69, 9.17) is 0 Å². The monoisotopic (exact) mass is 143 g/mol. The van der Waals surface area contributed by atoms with E-state index in [0.29, 0.717) is 19.3 Å². The number of ketones is 1. The molecule has 0 radical (unpaired) electrons. The zero-order chi connectivity index (χ0) is 7.78. The van der Waals surface area contributed by atoms with Crippen LogP contribution in [0.5, 0.6) is 0 Å². The van der Waals surface area contributed by atoms with Crippen LogP contribution in [0.1, 0.15) is 26.2 Å². The summed E-state index contributed by atoms with van der Waals surface area (Å²) in [6.45, 7) is 1.41. The standard InChI is InChI=1S/C6H9NO3/c1-6(7(9)10)4-2-3-5(6)8/h2-4H2,1H3. The van der Waals surface area contributed by atoms with Crippen molar-refractivity contribution in [3.05, 3.63) is 10.1 Å². The van der Waals surface area contributed by atoms with Crippen LogP contribution in [0.15, 0.2) is 0 Å². The normalized spacial score (nSPS) is 32.7. The molecule has 1 fully saturated rings.